The van der Waals surface area contributed by atoms with Gasteiger partial charge in [-0.3, -0.25) is 9.78 Å². The standard InChI is InChI=1S/C20H20N2O4S/c1-4-6-15(23)13-11-21-18-12(7-5-8-16(18)25-2)17(13)22-14-9-10-27-19(14)20(24)26-3/h5,7-11H,4,6H2,1-3H3,(H,21,22). The molecule has 0 saturated carbocycles. The number of carbonyl (C=O) groups is 2. The number of hydrogen-bond acceptors (Lipinski definition) is 7. The van der Waals surface area contributed by atoms with Crippen LogP contribution in [0, 0.1) is 0 Å². The molecule has 0 atom stereocenters. The summed E-state index contributed by atoms with van der Waals surface area (Å²) in [7, 11) is 2.92. The SMILES string of the molecule is CCCC(=O)c1cnc2c(OC)cccc2c1Nc1ccsc1C(=O)OC. The Labute approximate surface area is 161 Å². The Hall–Kier alpha value is -2.93. The number of para-hydroxylation sites is 1. The lowest BCUT2D eigenvalue weighted by Gasteiger charge is -2.15. The number of benzene rings is 1. The second-order valence-corrected chi connectivity index (χ2v) is 6.77. The number of fused-ring (bicyclic) bond motifs is 1. The first-order valence-corrected chi connectivity index (χ1v) is 9.40. The molecule has 0 aliphatic heterocycles. The third-order valence-corrected chi connectivity index (χ3v) is 5.05. The predicted octanol–water partition coefficient (Wildman–Crippen LogP) is 4.82. The van der Waals surface area contributed by atoms with Crippen molar-refractivity contribution in [2.45, 2.75) is 19.8 Å². The van der Waals surface area contributed by atoms with Gasteiger partial charge in [0.05, 0.1) is 31.2 Å². The highest BCUT2D eigenvalue weighted by Crippen LogP contribution is 2.36. The Balaban J connectivity index is 2.19. The molecule has 0 fully saturated rings. The Morgan fingerprint density at radius 2 is 2.04 bits per heavy atom. The molecule has 1 aromatic carbocycles. The first-order valence-electron chi connectivity index (χ1n) is 8.52. The van der Waals surface area contributed by atoms with Gasteiger partial charge in [0.25, 0.3) is 0 Å². The molecular formula is C20H20N2O4S. The average Bonchev–Trinajstić information content (AvgIpc) is 3.15. The van der Waals surface area contributed by atoms with Gasteiger partial charge in [0.15, 0.2) is 5.78 Å². The number of carbonyl (C=O) groups excluding carboxylic acids is 2. The molecule has 0 spiro atoms. The van der Waals surface area contributed by atoms with Crippen LogP contribution < -0.4 is 10.1 Å². The molecule has 2 aromatic heterocycles. The van der Waals surface area contributed by atoms with Crippen molar-refractivity contribution in [1.82, 2.24) is 4.98 Å². The number of aromatic nitrogens is 1. The van der Waals surface area contributed by atoms with E-state index in [1.54, 1.807) is 24.8 Å². The van der Waals surface area contributed by atoms with Crippen LogP contribution >= 0.6 is 11.3 Å². The van der Waals surface area contributed by atoms with Crippen LogP contribution in [0.2, 0.25) is 0 Å². The Morgan fingerprint density at radius 1 is 1.22 bits per heavy atom. The third-order valence-electron chi connectivity index (χ3n) is 4.15. The molecule has 3 aromatic rings. The molecular weight excluding hydrogens is 364 g/mol. The summed E-state index contributed by atoms with van der Waals surface area (Å²) in [6.45, 7) is 1.96. The molecule has 0 unspecified atom stereocenters. The maximum absolute atomic E-state index is 12.7. The smallest absolute Gasteiger partial charge is 0.350 e. The van der Waals surface area contributed by atoms with E-state index in [1.807, 2.05) is 25.1 Å². The highest BCUT2D eigenvalue weighted by molar-refractivity contribution is 7.12. The topological polar surface area (TPSA) is 77.5 Å². The molecule has 0 aliphatic rings. The molecule has 7 heteroatoms. The van der Waals surface area contributed by atoms with Crippen LogP contribution in [0.15, 0.2) is 35.8 Å². The van der Waals surface area contributed by atoms with Crippen molar-refractivity contribution in [3.63, 3.8) is 0 Å². The minimum atomic E-state index is -0.426. The van der Waals surface area contributed by atoms with Crippen LogP contribution in [0.3, 0.4) is 0 Å². The van der Waals surface area contributed by atoms with Gasteiger partial charge in [-0.2, -0.15) is 0 Å². The Bertz CT molecular complexity index is 997. The Kier molecular flexibility index (Phi) is 5.71. The van der Waals surface area contributed by atoms with Crippen LogP contribution in [0.1, 0.15) is 39.8 Å². The molecule has 0 radical (unpaired) electrons. The van der Waals surface area contributed by atoms with Gasteiger partial charge >= 0.3 is 5.97 Å². The van der Waals surface area contributed by atoms with Crippen LogP contribution in [-0.2, 0) is 4.74 Å². The fraction of sp³-hybridized carbons (Fsp3) is 0.250. The summed E-state index contributed by atoms with van der Waals surface area (Å²) in [5, 5.41) is 5.81. The molecule has 2 heterocycles. The van der Waals surface area contributed by atoms with Gasteiger partial charge in [0.1, 0.15) is 16.1 Å². The summed E-state index contributed by atoms with van der Waals surface area (Å²) in [5.41, 5.74) is 2.33. The first-order chi connectivity index (χ1) is 13.1. The van der Waals surface area contributed by atoms with Gasteiger partial charge in [-0.05, 0) is 23.9 Å². The van der Waals surface area contributed by atoms with E-state index >= 15 is 0 Å². The lowest BCUT2D eigenvalue weighted by Crippen LogP contribution is -2.08. The molecule has 1 N–H and O–H groups in total. The molecule has 3 rings (SSSR count). The third kappa shape index (κ3) is 3.64. The van der Waals surface area contributed by atoms with E-state index < -0.39 is 5.97 Å². The number of hydrogen-bond donors (Lipinski definition) is 1. The predicted molar refractivity (Wildman–Crippen MR) is 106 cm³/mol. The molecule has 6 nitrogen and oxygen atoms in total. The lowest BCUT2D eigenvalue weighted by atomic mass is 10.0. The number of rotatable bonds is 7. The molecule has 0 amide bonds. The second kappa shape index (κ2) is 8.18. The first kappa shape index (κ1) is 18.8. The fourth-order valence-electron chi connectivity index (χ4n) is 2.86. The zero-order valence-corrected chi connectivity index (χ0v) is 16.2. The summed E-state index contributed by atoms with van der Waals surface area (Å²) in [6, 6.07) is 7.32. The van der Waals surface area contributed by atoms with E-state index in [9.17, 15) is 9.59 Å². The molecule has 27 heavy (non-hydrogen) atoms. The zero-order valence-electron chi connectivity index (χ0n) is 15.4. The number of nitrogens with one attached hydrogen (secondary N) is 1. The molecule has 140 valence electrons. The van der Waals surface area contributed by atoms with Crippen LogP contribution in [0.4, 0.5) is 11.4 Å². The fourth-order valence-corrected chi connectivity index (χ4v) is 3.63. The number of thiophene rings is 1. The number of esters is 1. The maximum atomic E-state index is 12.7. The summed E-state index contributed by atoms with van der Waals surface area (Å²) < 4.78 is 10.2. The van der Waals surface area contributed by atoms with E-state index in [2.05, 4.69) is 10.3 Å². The largest absolute Gasteiger partial charge is 0.494 e. The maximum Gasteiger partial charge on any atom is 0.350 e. The number of methoxy groups -OCH3 is 2. The molecule has 0 aliphatic carbocycles. The molecule has 0 bridgehead atoms. The monoisotopic (exact) mass is 384 g/mol. The van der Waals surface area contributed by atoms with Crippen molar-refractivity contribution in [1.29, 1.82) is 0 Å². The van der Waals surface area contributed by atoms with Crippen molar-refractivity contribution in [3.05, 3.63) is 46.3 Å². The number of ketones is 1. The van der Waals surface area contributed by atoms with Crippen LogP contribution in [-0.4, -0.2) is 31.0 Å². The van der Waals surface area contributed by atoms with E-state index in [-0.39, 0.29) is 5.78 Å². The highest BCUT2D eigenvalue weighted by Gasteiger charge is 2.20. The van der Waals surface area contributed by atoms with Crippen molar-refractivity contribution in [2.24, 2.45) is 0 Å². The number of pyridine rings is 1. The summed E-state index contributed by atoms with van der Waals surface area (Å²) in [6.07, 6.45) is 2.72. The quantitative estimate of drug-likeness (QED) is 0.465. The van der Waals surface area contributed by atoms with Crippen molar-refractivity contribution < 1.29 is 19.1 Å². The van der Waals surface area contributed by atoms with Gasteiger partial charge in [0.2, 0.25) is 0 Å². The van der Waals surface area contributed by atoms with Gasteiger partial charge < -0.3 is 14.8 Å². The van der Waals surface area contributed by atoms with E-state index in [0.29, 0.717) is 39.5 Å². The van der Waals surface area contributed by atoms with Crippen LogP contribution in [0.25, 0.3) is 10.9 Å². The minimum absolute atomic E-state index is 0.00734. The van der Waals surface area contributed by atoms with Gasteiger partial charge in [-0.1, -0.05) is 19.1 Å². The Morgan fingerprint density at radius 3 is 2.74 bits per heavy atom. The molecule has 0 saturated heterocycles. The summed E-state index contributed by atoms with van der Waals surface area (Å²) in [5.74, 6) is 0.181. The minimum Gasteiger partial charge on any atom is -0.494 e. The van der Waals surface area contributed by atoms with Crippen molar-refractivity contribution >= 4 is 45.4 Å². The number of Topliss-reactive ketones (excluding diaryl/α,β-unsaturated/α-hetero) is 1. The van der Waals surface area contributed by atoms with Crippen LogP contribution in [0.5, 0.6) is 5.75 Å². The second-order valence-electron chi connectivity index (χ2n) is 5.86. The lowest BCUT2D eigenvalue weighted by molar-refractivity contribution is 0.0607. The normalized spacial score (nSPS) is 10.6. The van der Waals surface area contributed by atoms with Crippen molar-refractivity contribution in [3.8, 4) is 5.75 Å². The van der Waals surface area contributed by atoms with E-state index in [4.69, 9.17) is 9.47 Å². The van der Waals surface area contributed by atoms with Crippen molar-refractivity contribution in [2.75, 3.05) is 19.5 Å². The van der Waals surface area contributed by atoms with E-state index in [0.717, 1.165) is 11.8 Å². The summed E-state index contributed by atoms with van der Waals surface area (Å²) >= 11 is 1.28. The van der Waals surface area contributed by atoms with Gasteiger partial charge in [-0.15, -0.1) is 11.3 Å². The zero-order chi connectivity index (χ0) is 19.4. The highest BCUT2D eigenvalue weighted by atomic mass is 32.1. The van der Waals surface area contributed by atoms with Gasteiger partial charge in [0, 0.05) is 18.0 Å². The summed E-state index contributed by atoms with van der Waals surface area (Å²) in [4.78, 5) is 29.6. The van der Waals surface area contributed by atoms with Gasteiger partial charge in [-0.25, -0.2) is 4.79 Å². The number of ether oxygens (including phenoxy) is 2. The van der Waals surface area contributed by atoms with E-state index in [1.165, 1.54) is 18.4 Å². The number of nitrogens with zero attached hydrogens (tertiary/aromatic N) is 1. The average molecular weight is 384 g/mol. The number of anilines is 2.